The molecule has 0 aromatic heterocycles. The number of aliphatic imine (C=N–C) groups is 1. The minimum Gasteiger partial charge on any atom is -0.357 e. The molecule has 2 rings (SSSR count). The SMILES string of the molecule is CCNC(=NCc1cccc(CN(C)C)c1)NC1CCCC(S(=O)CC)C1. The first-order valence-corrected chi connectivity index (χ1v) is 11.5. The highest BCUT2D eigenvalue weighted by atomic mass is 32.2. The summed E-state index contributed by atoms with van der Waals surface area (Å²) in [6.45, 7) is 6.54. The molecular weight excluding hydrogens is 356 g/mol. The Morgan fingerprint density at radius 2 is 2.04 bits per heavy atom. The van der Waals surface area contributed by atoms with Crippen molar-refractivity contribution in [1.82, 2.24) is 15.5 Å². The summed E-state index contributed by atoms with van der Waals surface area (Å²) in [4.78, 5) is 6.97. The quantitative estimate of drug-likeness (QED) is 0.528. The van der Waals surface area contributed by atoms with Crippen LogP contribution < -0.4 is 10.6 Å². The largest absolute Gasteiger partial charge is 0.357 e. The van der Waals surface area contributed by atoms with Gasteiger partial charge in [-0.3, -0.25) is 4.21 Å². The number of nitrogens with zero attached hydrogens (tertiary/aromatic N) is 2. The van der Waals surface area contributed by atoms with Crippen LogP contribution in [0.25, 0.3) is 0 Å². The molecule has 1 aliphatic rings. The molecule has 0 saturated heterocycles. The van der Waals surface area contributed by atoms with E-state index in [1.807, 2.05) is 6.92 Å². The van der Waals surface area contributed by atoms with Crippen LogP contribution in [0.5, 0.6) is 0 Å². The summed E-state index contributed by atoms with van der Waals surface area (Å²) < 4.78 is 12.2. The summed E-state index contributed by atoms with van der Waals surface area (Å²) in [5.74, 6) is 1.62. The van der Waals surface area contributed by atoms with Gasteiger partial charge in [-0.05, 0) is 51.4 Å². The van der Waals surface area contributed by atoms with Crippen LogP contribution in [-0.2, 0) is 23.9 Å². The minimum absolute atomic E-state index is 0.326. The van der Waals surface area contributed by atoms with Crippen LogP contribution in [0.1, 0.15) is 50.7 Å². The van der Waals surface area contributed by atoms with Crippen molar-refractivity contribution in [1.29, 1.82) is 0 Å². The molecule has 152 valence electrons. The molecule has 3 unspecified atom stereocenters. The Bertz CT molecular complexity index is 632. The van der Waals surface area contributed by atoms with E-state index in [-0.39, 0.29) is 0 Å². The maximum Gasteiger partial charge on any atom is 0.191 e. The van der Waals surface area contributed by atoms with Gasteiger partial charge >= 0.3 is 0 Å². The third kappa shape index (κ3) is 7.62. The molecule has 0 heterocycles. The zero-order valence-corrected chi connectivity index (χ0v) is 18.1. The van der Waals surface area contributed by atoms with E-state index in [9.17, 15) is 4.21 Å². The first kappa shape index (κ1) is 21.9. The van der Waals surface area contributed by atoms with Crippen LogP contribution in [0.15, 0.2) is 29.3 Å². The standard InChI is InChI=1S/C21H36N4OS/c1-5-22-21(24-19-11-8-12-20(14-19)27(26)6-2)23-15-17-9-7-10-18(13-17)16-25(3)4/h7,9-10,13,19-20H,5-6,8,11-12,14-16H2,1-4H3,(H2,22,23,24). The summed E-state index contributed by atoms with van der Waals surface area (Å²) >= 11 is 0. The molecule has 0 aliphatic heterocycles. The molecule has 1 aliphatic carbocycles. The molecule has 3 atom stereocenters. The highest BCUT2D eigenvalue weighted by molar-refractivity contribution is 7.85. The van der Waals surface area contributed by atoms with E-state index in [1.54, 1.807) is 0 Å². The number of rotatable bonds is 8. The summed E-state index contributed by atoms with van der Waals surface area (Å²) in [6.07, 6.45) is 4.33. The second kappa shape index (κ2) is 11.4. The van der Waals surface area contributed by atoms with Crippen molar-refractivity contribution < 1.29 is 4.21 Å². The smallest absolute Gasteiger partial charge is 0.191 e. The zero-order chi connectivity index (χ0) is 19.6. The van der Waals surface area contributed by atoms with E-state index < -0.39 is 10.8 Å². The Labute approximate surface area is 167 Å². The first-order valence-electron chi connectivity index (χ1n) is 10.2. The van der Waals surface area contributed by atoms with Gasteiger partial charge < -0.3 is 15.5 Å². The second-order valence-electron chi connectivity index (χ2n) is 7.55. The molecule has 1 aromatic rings. The molecule has 5 nitrogen and oxygen atoms in total. The van der Waals surface area contributed by atoms with Crippen molar-refractivity contribution in [2.75, 3.05) is 26.4 Å². The molecule has 1 aromatic carbocycles. The van der Waals surface area contributed by atoms with Crippen LogP contribution in [0.3, 0.4) is 0 Å². The van der Waals surface area contributed by atoms with Crippen molar-refractivity contribution in [2.45, 2.75) is 63.9 Å². The van der Waals surface area contributed by atoms with Crippen molar-refractivity contribution in [3.63, 3.8) is 0 Å². The van der Waals surface area contributed by atoms with Gasteiger partial charge in [0.25, 0.3) is 0 Å². The van der Waals surface area contributed by atoms with Crippen LogP contribution >= 0.6 is 0 Å². The number of hydrogen-bond acceptors (Lipinski definition) is 3. The van der Waals surface area contributed by atoms with Gasteiger partial charge in [-0.15, -0.1) is 0 Å². The lowest BCUT2D eigenvalue weighted by Gasteiger charge is -2.30. The second-order valence-corrected chi connectivity index (χ2v) is 9.56. The molecule has 6 heteroatoms. The van der Waals surface area contributed by atoms with Crippen molar-refractivity contribution >= 4 is 16.8 Å². The Morgan fingerprint density at radius 3 is 2.74 bits per heavy atom. The van der Waals surface area contributed by atoms with E-state index in [0.717, 1.165) is 50.5 Å². The van der Waals surface area contributed by atoms with Gasteiger partial charge in [0.05, 0.1) is 6.54 Å². The molecule has 0 radical (unpaired) electrons. The van der Waals surface area contributed by atoms with Crippen molar-refractivity contribution in [3.05, 3.63) is 35.4 Å². The third-order valence-electron chi connectivity index (χ3n) is 4.88. The lowest BCUT2D eigenvalue weighted by atomic mass is 9.95. The first-order chi connectivity index (χ1) is 13.0. The Morgan fingerprint density at radius 1 is 1.26 bits per heavy atom. The fourth-order valence-corrected chi connectivity index (χ4v) is 4.97. The summed E-state index contributed by atoms with van der Waals surface area (Å²) in [7, 11) is 3.47. The average molecular weight is 393 g/mol. The normalized spacial score (nSPS) is 21.9. The molecule has 0 spiro atoms. The summed E-state index contributed by atoms with van der Waals surface area (Å²) in [5, 5.41) is 7.26. The average Bonchev–Trinajstić information content (AvgIpc) is 2.65. The van der Waals surface area contributed by atoms with Gasteiger partial charge in [-0.2, -0.15) is 0 Å². The Balaban J connectivity index is 1.98. The monoisotopic (exact) mass is 392 g/mol. The van der Waals surface area contributed by atoms with Gasteiger partial charge in [0, 0.05) is 40.9 Å². The van der Waals surface area contributed by atoms with Crippen LogP contribution in [0.2, 0.25) is 0 Å². The minimum atomic E-state index is -0.698. The van der Waals surface area contributed by atoms with Gasteiger partial charge in [0.15, 0.2) is 5.96 Å². The van der Waals surface area contributed by atoms with E-state index in [1.165, 1.54) is 11.1 Å². The summed E-state index contributed by atoms with van der Waals surface area (Å²) in [6, 6.07) is 8.99. The maximum absolute atomic E-state index is 12.2. The Hall–Kier alpha value is -1.40. The lowest BCUT2D eigenvalue weighted by Crippen LogP contribution is -2.46. The predicted molar refractivity (Wildman–Crippen MR) is 117 cm³/mol. The van der Waals surface area contributed by atoms with Gasteiger partial charge in [0.2, 0.25) is 0 Å². The van der Waals surface area contributed by atoms with Crippen LogP contribution in [-0.4, -0.2) is 52.8 Å². The van der Waals surface area contributed by atoms with Crippen LogP contribution in [0.4, 0.5) is 0 Å². The van der Waals surface area contributed by atoms with E-state index in [2.05, 4.69) is 60.8 Å². The van der Waals surface area contributed by atoms with Gasteiger partial charge in [-0.25, -0.2) is 4.99 Å². The van der Waals surface area contributed by atoms with Crippen molar-refractivity contribution in [3.8, 4) is 0 Å². The fraction of sp³-hybridized carbons (Fsp3) is 0.667. The molecule has 1 saturated carbocycles. The number of nitrogens with one attached hydrogen (secondary N) is 2. The lowest BCUT2D eigenvalue weighted by molar-refractivity contribution is 0.402. The van der Waals surface area contributed by atoms with Crippen LogP contribution in [0, 0.1) is 0 Å². The number of hydrogen-bond donors (Lipinski definition) is 2. The number of guanidine groups is 1. The number of benzene rings is 1. The molecule has 2 N–H and O–H groups in total. The van der Waals surface area contributed by atoms with Gasteiger partial charge in [-0.1, -0.05) is 37.6 Å². The molecule has 0 amide bonds. The van der Waals surface area contributed by atoms with E-state index >= 15 is 0 Å². The fourth-order valence-electron chi connectivity index (χ4n) is 3.63. The molecule has 27 heavy (non-hydrogen) atoms. The summed E-state index contributed by atoms with van der Waals surface area (Å²) in [5.41, 5.74) is 2.53. The highest BCUT2D eigenvalue weighted by Crippen LogP contribution is 2.23. The van der Waals surface area contributed by atoms with Crippen molar-refractivity contribution in [2.24, 2.45) is 4.99 Å². The van der Waals surface area contributed by atoms with E-state index in [0.29, 0.717) is 17.8 Å². The molecular formula is C21H36N4OS. The molecule has 0 bridgehead atoms. The topological polar surface area (TPSA) is 56.7 Å². The third-order valence-corrected chi connectivity index (χ3v) is 6.62. The van der Waals surface area contributed by atoms with Gasteiger partial charge in [0.1, 0.15) is 0 Å². The highest BCUT2D eigenvalue weighted by Gasteiger charge is 2.26. The van der Waals surface area contributed by atoms with E-state index in [4.69, 9.17) is 4.99 Å². The Kier molecular flexibility index (Phi) is 9.28. The maximum atomic E-state index is 12.2. The molecule has 1 fully saturated rings. The predicted octanol–water partition coefficient (Wildman–Crippen LogP) is 2.88. The zero-order valence-electron chi connectivity index (χ0n) is 17.3.